The Labute approximate surface area is 163 Å². The maximum atomic E-state index is 13.2. The molecule has 0 aliphatic heterocycles. The van der Waals surface area contributed by atoms with Crippen LogP contribution in [0, 0.1) is 0 Å². The van der Waals surface area contributed by atoms with Crippen LogP contribution in [0.25, 0.3) is 48.3 Å². The second-order valence-electron chi connectivity index (χ2n) is 6.94. The second-order valence-corrected chi connectivity index (χ2v) is 7.86. The zero-order chi connectivity index (χ0) is 18.8. The molecular formula is C24H13NO2S. The third-order valence-electron chi connectivity index (χ3n) is 5.44. The second kappa shape index (κ2) is 5.50. The van der Waals surface area contributed by atoms with Crippen LogP contribution in [0.3, 0.4) is 0 Å². The first-order valence-corrected chi connectivity index (χ1v) is 9.91. The van der Waals surface area contributed by atoms with Gasteiger partial charge in [-0.1, -0.05) is 48.5 Å². The Morgan fingerprint density at radius 1 is 0.607 bits per heavy atom. The Balaban J connectivity index is 1.99. The lowest BCUT2D eigenvalue weighted by Gasteiger charge is -2.13. The number of nitrogens with zero attached hydrogens (tertiary/aromatic N) is 1. The van der Waals surface area contributed by atoms with Crippen molar-refractivity contribution in [2.75, 3.05) is 0 Å². The Hall–Kier alpha value is -3.50. The monoisotopic (exact) mass is 379 g/mol. The van der Waals surface area contributed by atoms with Crippen molar-refractivity contribution >= 4 is 48.5 Å². The van der Waals surface area contributed by atoms with Crippen molar-refractivity contribution in [2.24, 2.45) is 0 Å². The van der Waals surface area contributed by atoms with Crippen LogP contribution in [0.5, 0.6) is 0 Å². The van der Waals surface area contributed by atoms with Crippen LogP contribution in [-0.4, -0.2) is 4.40 Å². The molecule has 6 aromatic rings. The molecule has 0 fully saturated rings. The van der Waals surface area contributed by atoms with Crippen molar-refractivity contribution in [3.63, 3.8) is 0 Å². The highest BCUT2D eigenvalue weighted by Gasteiger charge is 2.18. The molecule has 132 valence electrons. The van der Waals surface area contributed by atoms with E-state index < -0.39 is 0 Å². The van der Waals surface area contributed by atoms with Crippen LogP contribution < -0.4 is 11.1 Å². The minimum absolute atomic E-state index is 0.231. The highest BCUT2D eigenvalue weighted by Crippen LogP contribution is 2.35. The summed E-state index contributed by atoms with van der Waals surface area (Å²) in [5, 5.41) is 6.14. The van der Waals surface area contributed by atoms with Gasteiger partial charge in [-0.25, -0.2) is 4.40 Å². The maximum Gasteiger partial charge on any atom is 0.276 e. The summed E-state index contributed by atoms with van der Waals surface area (Å²) in [5.74, 6) is 0. The van der Waals surface area contributed by atoms with Crippen molar-refractivity contribution < 1.29 is 0 Å². The van der Waals surface area contributed by atoms with Gasteiger partial charge in [0.05, 0.1) is 5.52 Å². The van der Waals surface area contributed by atoms with Crippen LogP contribution in [0.4, 0.5) is 0 Å². The molecule has 0 saturated carbocycles. The molecule has 0 aliphatic carbocycles. The average molecular weight is 379 g/mol. The number of fused-ring (bicyclic) bond motifs is 4. The summed E-state index contributed by atoms with van der Waals surface area (Å²) >= 11 is 1.39. The first-order chi connectivity index (χ1) is 13.7. The molecule has 3 nitrogen and oxygen atoms in total. The zero-order valence-corrected chi connectivity index (χ0v) is 15.5. The van der Waals surface area contributed by atoms with Gasteiger partial charge in [-0.3, -0.25) is 9.59 Å². The summed E-state index contributed by atoms with van der Waals surface area (Å²) < 4.78 is 1.98. The van der Waals surface area contributed by atoms with Crippen LogP contribution in [-0.2, 0) is 0 Å². The summed E-state index contributed by atoms with van der Waals surface area (Å²) in [6.45, 7) is 0. The lowest BCUT2D eigenvalue weighted by molar-refractivity contribution is 1.09. The fourth-order valence-electron chi connectivity index (χ4n) is 4.19. The van der Waals surface area contributed by atoms with E-state index in [0.717, 1.165) is 32.7 Å². The van der Waals surface area contributed by atoms with Gasteiger partial charge in [0.15, 0.2) is 0 Å². The molecule has 0 N–H and O–H groups in total. The van der Waals surface area contributed by atoms with E-state index in [9.17, 15) is 9.59 Å². The fraction of sp³-hybridized carbons (Fsp3) is 0. The van der Waals surface area contributed by atoms with E-state index in [2.05, 4.69) is 24.3 Å². The number of hydrogen-bond acceptors (Lipinski definition) is 3. The van der Waals surface area contributed by atoms with Gasteiger partial charge in [0, 0.05) is 21.5 Å². The van der Waals surface area contributed by atoms with Gasteiger partial charge < -0.3 is 0 Å². The van der Waals surface area contributed by atoms with Gasteiger partial charge in [0.2, 0.25) is 0 Å². The molecule has 0 radical (unpaired) electrons. The summed E-state index contributed by atoms with van der Waals surface area (Å²) in [4.78, 5) is 26.4. The zero-order valence-electron chi connectivity index (χ0n) is 14.7. The Morgan fingerprint density at radius 2 is 1.29 bits per heavy atom. The first kappa shape index (κ1) is 15.5. The highest BCUT2D eigenvalue weighted by molar-refractivity contribution is 7.17. The SMILES string of the molecule is O=c1c2ccccc2c2cc(-c3ccccc3)cc3c4ccsc4c(=O)n1c23. The van der Waals surface area contributed by atoms with Crippen molar-refractivity contribution in [3.8, 4) is 11.1 Å². The van der Waals surface area contributed by atoms with Crippen LogP contribution in [0.2, 0.25) is 0 Å². The number of thiophene rings is 1. The van der Waals surface area contributed by atoms with E-state index >= 15 is 0 Å². The van der Waals surface area contributed by atoms with Crippen molar-refractivity contribution in [1.29, 1.82) is 0 Å². The molecule has 3 heterocycles. The first-order valence-electron chi connectivity index (χ1n) is 9.03. The fourth-order valence-corrected chi connectivity index (χ4v) is 5.03. The standard InChI is InChI=1S/C24H13NO2S/c26-23-18-9-5-4-8-16(18)19-12-15(14-6-2-1-3-7-14)13-20-17-10-11-28-22(17)24(27)25(23)21(19)20/h1-13H. The maximum absolute atomic E-state index is 13.2. The van der Waals surface area contributed by atoms with Gasteiger partial charge in [-0.05, 0) is 46.2 Å². The third-order valence-corrected chi connectivity index (χ3v) is 6.35. The van der Waals surface area contributed by atoms with Crippen LogP contribution in [0.1, 0.15) is 0 Å². The number of hydrogen-bond donors (Lipinski definition) is 0. The molecule has 0 spiro atoms. The summed E-state index contributed by atoms with van der Waals surface area (Å²) in [6, 6.07) is 23.9. The summed E-state index contributed by atoms with van der Waals surface area (Å²) in [5.41, 5.74) is 2.41. The Bertz CT molecular complexity index is 1650. The number of aromatic nitrogens is 1. The number of pyridine rings is 2. The van der Waals surface area contributed by atoms with E-state index in [1.807, 2.05) is 47.8 Å². The normalized spacial score (nSPS) is 11.9. The molecule has 0 atom stereocenters. The molecular weight excluding hydrogens is 366 g/mol. The molecule has 3 aromatic carbocycles. The van der Waals surface area contributed by atoms with Crippen molar-refractivity contribution in [1.82, 2.24) is 4.40 Å². The molecule has 6 rings (SSSR count). The van der Waals surface area contributed by atoms with Gasteiger partial charge in [-0.2, -0.15) is 0 Å². The number of benzene rings is 3. The lowest BCUT2D eigenvalue weighted by Crippen LogP contribution is -2.26. The smallest absolute Gasteiger partial charge is 0.268 e. The predicted octanol–water partition coefficient (Wildman–Crippen LogP) is 5.29. The minimum atomic E-state index is -0.249. The average Bonchev–Trinajstić information content (AvgIpc) is 3.24. The van der Waals surface area contributed by atoms with Gasteiger partial charge in [0.25, 0.3) is 11.1 Å². The summed E-state index contributed by atoms with van der Waals surface area (Å²) in [7, 11) is 0. The summed E-state index contributed by atoms with van der Waals surface area (Å²) in [6.07, 6.45) is 0. The molecule has 0 amide bonds. The molecule has 0 unspecified atom stereocenters. The van der Waals surface area contributed by atoms with E-state index in [4.69, 9.17) is 0 Å². The van der Waals surface area contributed by atoms with Crippen molar-refractivity contribution in [3.05, 3.63) is 98.9 Å². The third kappa shape index (κ3) is 1.93. The molecule has 4 heteroatoms. The molecule has 0 aliphatic rings. The van der Waals surface area contributed by atoms with E-state index in [1.54, 1.807) is 6.07 Å². The molecule has 0 bridgehead atoms. The molecule has 28 heavy (non-hydrogen) atoms. The topological polar surface area (TPSA) is 38.5 Å². The Morgan fingerprint density at radius 3 is 2.07 bits per heavy atom. The quantitative estimate of drug-likeness (QED) is 0.288. The Kier molecular flexibility index (Phi) is 3.06. The van der Waals surface area contributed by atoms with E-state index in [-0.39, 0.29) is 11.1 Å². The largest absolute Gasteiger partial charge is 0.276 e. The number of rotatable bonds is 1. The van der Waals surface area contributed by atoms with Gasteiger partial charge in [0.1, 0.15) is 4.70 Å². The van der Waals surface area contributed by atoms with Gasteiger partial charge >= 0.3 is 0 Å². The highest BCUT2D eigenvalue weighted by atomic mass is 32.1. The minimum Gasteiger partial charge on any atom is -0.268 e. The van der Waals surface area contributed by atoms with E-state index in [1.165, 1.54) is 15.7 Å². The predicted molar refractivity (Wildman–Crippen MR) is 117 cm³/mol. The lowest BCUT2D eigenvalue weighted by atomic mass is 9.96. The van der Waals surface area contributed by atoms with Gasteiger partial charge in [-0.15, -0.1) is 11.3 Å². The van der Waals surface area contributed by atoms with E-state index in [0.29, 0.717) is 15.6 Å². The van der Waals surface area contributed by atoms with Crippen LogP contribution in [0.15, 0.2) is 87.8 Å². The van der Waals surface area contributed by atoms with Crippen molar-refractivity contribution in [2.45, 2.75) is 0 Å². The molecule has 3 aromatic heterocycles. The van der Waals surface area contributed by atoms with Crippen LogP contribution >= 0.6 is 11.3 Å². The molecule has 0 saturated heterocycles.